The van der Waals surface area contributed by atoms with Gasteiger partial charge in [0.05, 0.1) is 12.3 Å². The van der Waals surface area contributed by atoms with E-state index in [-0.39, 0.29) is 11.8 Å². The lowest BCUT2D eigenvalue weighted by atomic mass is 9.95. The van der Waals surface area contributed by atoms with Gasteiger partial charge in [0.15, 0.2) is 0 Å². The van der Waals surface area contributed by atoms with Crippen LogP contribution in [0.3, 0.4) is 0 Å². The predicted octanol–water partition coefficient (Wildman–Crippen LogP) is 0.826. The van der Waals surface area contributed by atoms with Crippen molar-refractivity contribution in [2.75, 3.05) is 13.1 Å². The van der Waals surface area contributed by atoms with Gasteiger partial charge in [-0.25, -0.2) is 0 Å². The lowest BCUT2D eigenvalue weighted by Gasteiger charge is -2.34. The first-order chi connectivity index (χ1) is 7.59. The number of aliphatic hydroxyl groups excluding tert-OH is 1. The monoisotopic (exact) mass is 224 g/mol. The quantitative estimate of drug-likeness (QED) is 0.767. The minimum atomic E-state index is -0.433. The Labute approximate surface area is 94.0 Å². The van der Waals surface area contributed by atoms with Crippen LogP contribution in [0.5, 0.6) is 0 Å². The molecule has 1 aliphatic rings. The maximum atomic E-state index is 12.0. The first-order valence-corrected chi connectivity index (χ1v) is 5.48. The van der Waals surface area contributed by atoms with Crippen molar-refractivity contribution in [3.8, 4) is 0 Å². The predicted molar refractivity (Wildman–Crippen MR) is 56.9 cm³/mol. The number of nitrogens with zero attached hydrogens (tertiary/aromatic N) is 2. The van der Waals surface area contributed by atoms with E-state index in [0.717, 1.165) is 6.42 Å². The van der Waals surface area contributed by atoms with Crippen LogP contribution < -0.4 is 0 Å². The minimum absolute atomic E-state index is 0.107. The summed E-state index contributed by atoms with van der Waals surface area (Å²) in [7, 11) is 0. The third-order valence-corrected chi connectivity index (χ3v) is 3.19. The summed E-state index contributed by atoms with van der Waals surface area (Å²) in [6.45, 7) is 4.78. The molecule has 0 radical (unpaired) electrons. The number of aryl methyl sites for hydroxylation is 1. The van der Waals surface area contributed by atoms with Crippen LogP contribution in [-0.4, -0.2) is 40.3 Å². The number of carbonyl (C=O) groups is 1. The normalized spacial score (nSPS) is 25.8. The maximum Gasteiger partial charge on any atom is 0.259 e. The summed E-state index contributed by atoms with van der Waals surface area (Å²) in [5.41, 5.74) is 0.488. The summed E-state index contributed by atoms with van der Waals surface area (Å²) < 4.78 is 4.86. The van der Waals surface area contributed by atoms with Crippen LogP contribution in [0.1, 0.15) is 29.5 Å². The van der Waals surface area contributed by atoms with E-state index in [1.165, 1.54) is 6.20 Å². The maximum absolute atomic E-state index is 12.0. The molecular formula is C11H16N2O3. The zero-order valence-electron chi connectivity index (χ0n) is 9.51. The second-order valence-corrected chi connectivity index (χ2v) is 4.38. The summed E-state index contributed by atoms with van der Waals surface area (Å²) in [6, 6.07) is 0. The molecule has 1 aliphatic heterocycles. The zero-order chi connectivity index (χ0) is 11.7. The number of β-amino-alcohol motifs (C(OH)–C–C–N with tert-alkyl or cyclic N) is 1. The fourth-order valence-corrected chi connectivity index (χ4v) is 1.91. The molecule has 0 saturated carbocycles. The van der Waals surface area contributed by atoms with Gasteiger partial charge in [-0.3, -0.25) is 4.79 Å². The van der Waals surface area contributed by atoms with Gasteiger partial charge in [0.25, 0.3) is 5.91 Å². The number of amides is 1. The molecule has 5 heteroatoms. The van der Waals surface area contributed by atoms with Crippen LogP contribution in [0.15, 0.2) is 10.7 Å². The second kappa shape index (κ2) is 4.25. The highest BCUT2D eigenvalue weighted by atomic mass is 16.5. The average molecular weight is 224 g/mol. The lowest BCUT2D eigenvalue weighted by Crippen LogP contribution is -2.45. The number of hydrogen-bond acceptors (Lipinski definition) is 4. The molecule has 0 aliphatic carbocycles. The Bertz CT molecular complexity index is 388. The zero-order valence-corrected chi connectivity index (χ0v) is 9.51. The highest BCUT2D eigenvalue weighted by Crippen LogP contribution is 2.19. The SMILES string of the molecule is Cc1oncc1C(=O)N1CCC(C)C(O)C1. The van der Waals surface area contributed by atoms with Crippen molar-refractivity contribution in [1.82, 2.24) is 10.1 Å². The number of carbonyl (C=O) groups excluding carboxylic acids is 1. The first-order valence-electron chi connectivity index (χ1n) is 5.48. The molecule has 0 aromatic carbocycles. The van der Waals surface area contributed by atoms with Gasteiger partial charge in [0.2, 0.25) is 0 Å². The van der Waals surface area contributed by atoms with Crippen molar-refractivity contribution in [3.63, 3.8) is 0 Å². The molecule has 1 aromatic heterocycles. The summed E-state index contributed by atoms with van der Waals surface area (Å²) in [6.07, 6.45) is 1.83. The van der Waals surface area contributed by atoms with Crippen LogP contribution in [-0.2, 0) is 0 Å². The van der Waals surface area contributed by atoms with Gasteiger partial charge >= 0.3 is 0 Å². The molecular weight excluding hydrogens is 208 g/mol. The number of hydrogen-bond donors (Lipinski definition) is 1. The highest BCUT2D eigenvalue weighted by Gasteiger charge is 2.29. The van der Waals surface area contributed by atoms with E-state index in [0.29, 0.717) is 24.4 Å². The van der Waals surface area contributed by atoms with Crippen molar-refractivity contribution < 1.29 is 14.4 Å². The van der Waals surface area contributed by atoms with Crippen molar-refractivity contribution >= 4 is 5.91 Å². The van der Waals surface area contributed by atoms with Crippen LogP contribution in [0.2, 0.25) is 0 Å². The average Bonchev–Trinajstić information content (AvgIpc) is 2.67. The van der Waals surface area contributed by atoms with E-state index >= 15 is 0 Å². The molecule has 5 nitrogen and oxygen atoms in total. The Morgan fingerprint density at radius 2 is 2.44 bits per heavy atom. The Kier molecular flexibility index (Phi) is 2.96. The van der Waals surface area contributed by atoms with Crippen molar-refractivity contribution in [2.45, 2.75) is 26.4 Å². The first kappa shape index (κ1) is 11.1. The lowest BCUT2D eigenvalue weighted by molar-refractivity contribution is 0.0247. The molecule has 88 valence electrons. The molecule has 1 fully saturated rings. The highest BCUT2D eigenvalue weighted by molar-refractivity contribution is 5.94. The molecule has 2 rings (SSSR count). The van der Waals surface area contributed by atoms with Gasteiger partial charge in [0.1, 0.15) is 11.3 Å². The van der Waals surface area contributed by atoms with E-state index in [1.807, 2.05) is 6.92 Å². The van der Waals surface area contributed by atoms with Crippen molar-refractivity contribution in [1.29, 1.82) is 0 Å². The van der Waals surface area contributed by atoms with E-state index < -0.39 is 6.10 Å². The number of aliphatic hydroxyl groups is 1. The van der Waals surface area contributed by atoms with E-state index in [9.17, 15) is 9.90 Å². The Morgan fingerprint density at radius 3 is 3.00 bits per heavy atom. The molecule has 1 saturated heterocycles. The summed E-state index contributed by atoms with van der Waals surface area (Å²) in [5.74, 6) is 0.676. The number of likely N-dealkylation sites (tertiary alicyclic amines) is 1. The molecule has 0 bridgehead atoms. The van der Waals surface area contributed by atoms with E-state index in [2.05, 4.69) is 5.16 Å². The molecule has 1 aromatic rings. The Hall–Kier alpha value is -1.36. The second-order valence-electron chi connectivity index (χ2n) is 4.38. The smallest absolute Gasteiger partial charge is 0.259 e. The molecule has 0 spiro atoms. The van der Waals surface area contributed by atoms with E-state index in [1.54, 1.807) is 11.8 Å². The van der Waals surface area contributed by atoms with Crippen molar-refractivity contribution in [2.24, 2.45) is 5.92 Å². The van der Waals surface area contributed by atoms with Gasteiger partial charge < -0.3 is 14.5 Å². The van der Waals surface area contributed by atoms with Crippen LogP contribution in [0, 0.1) is 12.8 Å². The standard InChI is InChI=1S/C11H16N2O3/c1-7-3-4-13(6-10(7)14)11(15)9-5-12-16-8(9)2/h5,7,10,14H,3-4,6H2,1-2H3. The molecule has 16 heavy (non-hydrogen) atoms. The summed E-state index contributed by atoms with van der Waals surface area (Å²) in [4.78, 5) is 13.7. The summed E-state index contributed by atoms with van der Waals surface area (Å²) >= 11 is 0. The third-order valence-electron chi connectivity index (χ3n) is 3.19. The molecule has 2 unspecified atom stereocenters. The third kappa shape index (κ3) is 1.95. The van der Waals surface area contributed by atoms with Crippen LogP contribution >= 0.6 is 0 Å². The molecule has 2 heterocycles. The van der Waals surface area contributed by atoms with Crippen molar-refractivity contribution in [3.05, 3.63) is 17.5 Å². The minimum Gasteiger partial charge on any atom is -0.391 e. The van der Waals surface area contributed by atoms with Gasteiger partial charge in [-0.1, -0.05) is 12.1 Å². The molecule has 2 atom stereocenters. The van der Waals surface area contributed by atoms with Crippen LogP contribution in [0.4, 0.5) is 0 Å². The fourth-order valence-electron chi connectivity index (χ4n) is 1.91. The van der Waals surface area contributed by atoms with E-state index in [4.69, 9.17) is 4.52 Å². The summed E-state index contributed by atoms with van der Waals surface area (Å²) in [5, 5.41) is 13.3. The van der Waals surface area contributed by atoms with Gasteiger partial charge in [0, 0.05) is 13.1 Å². The topological polar surface area (TPSA) is 66.6 Å². The van der Waals surface area contributed by atoms with Gasteiger partial charge in [-0.05, 0) is 19.3 Å². The Balaban J connectivity index is 2.09. The molecule has 1 amide bonds. The Morgan fingerprint density at radius 1 is 1.69 bits per heavy atom. The number of aromatic nitrogens is 1. The fraction of sp³-hybridized carbons (Fsp3) is 0.636. The number of rotatable bonds is 1. The largest absolute Gasteiger partial charge is 0.391 e. The van der Waals surface area contributed by atoms with Crippen LogP contribution in [0.25, 0.3) is 0 Å². The number of piperidine rings is 1. The van der Waals surface area contributed by atoms with Gasteiger partial charge in [-0.2, -0.15) is 0 Å². The molecule has 1 N–H and O–H groups in total. The van der Waals surface area contributed by atoms with Gasteiger partial charge in [-0.15, -0.1) is 0 Å².